The van der Waals surface area contributed by atoms with Crippen molar-refractivity contribution in [2.75, 3.05) is 6.54 Å². The number of nitrogens with zero attached hydrogens (tertiary/aromatic N) is 2. The van der Waals surface area contributed by atoms with Crippen LogP contribution in [0.2, 0.25) is 5.02 Å². The lowest BCUT2D eigenvalue weighted by atomic mass is 10.1. The second-order valence-corrected chi connectivity index (χ2v) is 7.69. The molecular weight excluding hydrogens is 362 g/mol. The van der Waals surface area contributed by atoms with Crippen LogP contribution in [0.5, 0.6) is 0 Å². The smallest absolute Gasteiger partial charge is 0.240 e. The number of rotatable bonds is 6. The van der Waals surface area contributed by atoms with Gasteiger partial charge in [-0.15, -0.1) is 0 Å². The Morgan fingerprint density at radius 1 is 1.16 bits per heavy atom. The van der Waals surface area contributed by atoms with E-state index < -0.39 is 10.0 Å². The molecule has 0 bridgehead atoms. The van der Waals surface area contributed by atoms with Gasteiger partial charge in [-0.25, -0.2) is 13.1 Å². The minimum Gasteiger partial charge on any atom is -0.339 e. The van der Waals surface area contributed by atoms with Crippen LogP contribution in [-0.4, -0.2) is 25.1 Å². The number of aromatic nitrogens is 2. The largest absolute Gasteiger partial charge is 0.339 e. The summed E-state index contributed by atoms with van der Waals surface area (Å²) in [6.45, 7) is 2.12. The Morgan fingerprint density at radius 2 is 1.96 bits per heavy atom. The normalized spacial score (nSPS) is 11.6. The first-order chi connectivity index (χ1) is 11.9. The molecule has 0 aliphatic heterocycles. The maximum Gasteiger partial charge on any atom is 0.240 e. The minimum absolute atomic E-state index is 0.117. The quantitative estimate of drug-likeness (QED) is 0.712. The van der Waals surface area contributed by atoms with Gasteiger partial charge >= 0.3 is 0 Å². The summed E-state index contributed by atoms with van der Waals surface area (Å²) in [6, 6.07) is 13.8. The summed E-state index contributed by atoms with van der Waals surface area (Å²) < 4.78 is 32.1. The molecule has 0 aliphatic carbocycles. The van der Waals surface area contributed by atoms with Crippen molar-refractivity contribution in [3.63, 3.8) is 0 Å². The molecule has 2 aromatic carbocycles. The number of nitrogens with one attached hydrogen (secondary N) is 1. The van der Waals surface area contributed by atoms with E-state index in [0.29, 0.717) is 23.2 Å². The van der Waals surface area contributed by atoms with Crippen molar-refractivity contribution in [1.29, 1.82) is 0 Å². The van der Waals surface area contributed by atoms with Gasteiger partial charge in [0.05, 0.1) is 4.90 Å². The summed E-state index contributed by atoms with van der Waals surface area (Å²) in [5, 5.41) is 4.30. The molecule has 0 spiro atoms. The molecule has 6 nitrogen and oxygen atoms in total. The van der Waals surface area contributed by atoms with E-state index in [1.165, 1.54) is 12.1 Å². The molecule has 1 heterocycles. The number of aryl methyl sites for hydroxylation is 1. The molecule has 0 saturated carbocycles. The van der Waals surface area contributed by atoms with Crippen LogP contribution in [0.4, 0.5) is 0 Å². The number of benzene rings is 2. The van der Waals surface area contributed by atoms with Gasteiger partial charge in [-0.2, -0.15) is 4.98 Å². The summed E-state index contributed by atoms with van der Waals surface area (Å²) in [5.74, 6) is 0.849. The van der Waals surface area contributed by atoms with Crippen LogP contribution in [0.15, 0.2) is 57.9 Å². The Balaban J connectivity index is 1.63. The summed E-state index contributed by atoms with van der Waals surface area (Å²) in [6.07, 6.45) is 0.290. The highest BCUT2D eigenvalue weighted by atomic mass is 35.5. The van der Waals surface area contributed by atoms with Crippen molar-refractivity contribution < 1.29 is 12.9 Å². The summed E-state index contributed by atoms with van der Waals surface area (Å²) >= 11 is 5.83. The van der Waals surface area contributed by atoms with Crippen LogP contribution in [-0.2, 0) is 16.4 Å². The highest BCUT2D eigenvalue weighted by molar-refractivity contribution is 7.89. The zero-order valence-corrected chi connectivity index (χ0v) is 15.0. The molecule has 3 aromatic rings. The molecule has 1 aromatic heterocycles. The number of sulfonamides is 1. The van der Waals surface area contributed by atoms with Gasteiger partial charge in [0.1, 0.15) is 0 Å². The first kappa shape index (κ1) is 17.6. The molecule has 0 atom stereocenters. The second kappa shape index (κ2) is 7.35. The van der Waals surface area contributed by atoms with Crippen LogP contribution in [0, 0.1) is 6.92 Å². The molecule has 0 fully saturated rings. The molecule has 0 radical (unpaired) electrons. The maximum absolute atomic E-state index is 12.2. The van der Waals surface area contributed by atoms with Crippen molar-refractivity contribution in [2.24, 2.45) is 0 Å². The highest BCUT2D eigenvalue weighted by Gasteiger charge is 2.15. The van der Waals surface area contributed by atoms with E-state index in [1.54, 1.807) is 12.1 Å². The van der Waals surface area contributed by atoms with E-state index in [9.17, 15) is 8.42 Å². The first-order valence-corrected chi connectivity index (χ1v) is 9.45. The molecule has 25 heavy (non-hydrogen) atoms. The molecule has 0 amide bonds. The highest BCUT2D eigenvalue weighted by Crippen LogP contribution is 2.17. The molecule has 3 rings (SSSR count). The topological polar surface area (TPSA) is 85.1 Å². The third-order valence-corrected chi connectivity index (χ3v) is 5.18. The Hall–Kier alpha value is -2.22. The van der Waals surface area contributed by atoms with E-state index in [0.717, 1.165) is 11.1 Å². The van der Waals surface area contributed by atoms with Gasteiger partial charge < -0.3 is 4.52 Å². The fourth-order valence-electron chi connectivity index (χ4n) is 2.27. The number of hydrogen-bond donors (Lipinski definition) is 1. The average Bonchev–Trinajstić information content (AvgIpc) is 3.04. The average molecular weight is 378 g/mol. The lowest BCUT2D eigenvalue weighted by molar-refractivity contribution is 0.379. The van der Waals surface area contributed by atoms with E-state index in [4.69, 9.17) is 16.1 Å². The van der Waals surface area contributed by atoms with Crippen molar-refractivity contribution in [3.8, 4) is 11.4 Å². The van der Waals surface area contributed by atoms with Crippen molar-refractivity contribution in [1.82, 2.24) is 14.9 Å². The zero-order chi connectivity index (χ0) is 17.9. The van der Waals surface area contributed by atoms with E-state index in [1.807, 2.05) is 31.2 Å². The SMILES string of the molecule is Cc1cccc(-c2noc(CCNS(=O)(=O)c3cccc(Cl)c3)n2)c1. The summed E-state index contributed by atoms with van der Waals surface area (Å²) in [4.78, 5) is 4.41. The molecule has 0 unspecified atom stereocenters. The monoisotopic (exact) mass is 377 g/mol. The second-order valence-electron chi connectivity index (χ2n) is 5.49. The molecule has 1 N–H and O–H groups in total. The lowest BCUT2D eigenvalue weighted by Crippen LogP contribution is -2.26. The van der Waals surface area contributed by atoms with E-state index in [-0.39, 0.29) is 11.4 Å². The summed E-state index contributed by atoms with van der Waals surface area (Å²) in [5.41, 5.74) is 1.95. The standard InChI is InChI=1S/C17H16ClN3O3S/c1-12-4-2-5-13(10-12)17-20-16(24-21-17)8-9-19-25(22,23)15-7-3-6-14(18)11-15/h2-7,10-11,19H,8-9H2,1H3. The Bertz CT molecular complexity index is 986. The third-order valence-electron chi connectivity index (χ3n) is 3.48. The fraction of sp³-hybridized carbons (Fsp3) is 0.176. The van der Waals surface area contributed by atoms with Gasteiger partial charge in [0, 0.05) is 23.6 Å². The molecule has 130 valence electrons. The number of hydrogen-bond acceptors (Lipinski definition) is 5. The molecule has 0 saturated heterocycles. The van der Waals surface area contributed by atoms with Gasteiger partial charge in [-0.3, -0.25) is 0 Å². The van der Waals surface area contributed by atoms with E-state index >= 15 is 0 Å². The van der Waals surface area contributed by atoms with Crippen molar-refractivity contribution in [2.45, 2.75) is 18.2 Å². The predicted molar refractivity (Wildman–Crippen MR) is 94.8 cm³/mol. The van der Waals surface area contributed by atoms with Crippen molar-refractivity contribution in [3.05, 3.63) is 65.0 Å². The minimum atomic E-state index is -3.63. The van der Waals surface area contributed by atoms with Crippen LogP contribution in [0.1, 0.15) is 11.5 Å². The van der Waals surface area contributed by atoms with Crippen LogP contribution in [0.3, 0.4) is 0 Å². The maximum atomic E-state index is 12.2. The van der Waals surface area contributed by atoms with Crippen LogP contribution in [0.25, 0.3) is 11.4 Å². The van der Waals surface area contributed by atoms with Crippen LogP contribution >= 0.6 is 11.6 Å². The first-order valence-electron chi connectivity index (χ1n) is 7.59. The van der Waals surface area contributed by atoms with Crippen LogP contribution < -0.4 is 4.72 Å². The van der Waals surface area contributed by atoms with Gasteiger partial charge in [0.25, 0.3) is 0 Å². The van der Waals surface area contributed by atoms with Gasteiger partial charge in [-0.05, 0) is 31.2 Å². The fourth-order valence-corrected chi connectivity index (χ4v) is 3.60. The van der Waals surface area contributed by atoms with Gasteiger partial charge in [0.15, 0.2) is 0 Å². The Labute approximate surface area is 150 Å². The van der Waals surface area contributed by atoms with Crippen molar-refractivity contribution >= 4 is 21.6 Å². The molecule has 0 aliphatic rings. The number of halogens is 1. The van der Waals surface area contributed by atoms with Gasteiger partial charge in [0.2, 0.25) is 21.7 Å². The zero-order valence-electron chi connectivity index (χ0n) is 13.4. The molecule has 8 heteroatoms. The Morgan fingerprint density at radius 3 is 2.72 bits per heavy atom. The third kappa shape index (κ3) is 4.45. The molecular formula is C17H16ClN3O3S. The summed E-state index contributed by atoms with van der Waals surface area (Å²) in [7, 11) is -3.63. The lowest BCUT2D eigenvalue weighted by Gasteiger charge is -2.05. The predicted octanol–water partition coefficient (Wildman–Crippen LogP) is 3.22. The Kier molecular flexibility index (Phi) is 5.17. The van der Waals surface area contributed by atoms with Gasteiger partial charge in [-0.1, -0.05) is 46.6 Å². The van der Waals surface area contributed by atoms with E-state index in [2.05, 4.69) is 14.9 Å².